The Bertz CT molecular complexity index is 1520. The number of methoxy groups -OCH3 is 1. The van der Waals surface area contributed by atoms with Crippen LogP contribution in [0.1, 0.15) is 48.3 Å². The zero-order valence-corrected chi connectivity index (χ0v) is 23.9. The van der Waals surface area contributed by atoms with E-state index in [1.165, 1.54) is 12.8 Å². The van der Waals surface area contributed by atoms with Crippen LogP contribution in [-0.4, -0.2) is 83.6 Å². The predicted octanol–water partition coefficient (Wildman–Crippen LogP) is 3.30. The van der Waals surface area contributed by atoms with Gasteiger partial charge in [0.15, 0.2) is 5.82 Å². The number of likely N-dealkylation sites (tertiary alicyclic amines) is 1. The lowest BCUT2D eigenvalue weighted by atomic mass is 10.1. The molecule has 5 aliphatic rings. The first-order valence-corrected chi connectivity index (χ1v) is 14.9. The highest BCUT2D eigenvalue weighted by Crippen LogP contribution is 2.41. The highest BCUT2D eigenvalue weighted by molar-refractivity contribution is 6.11. The highest BCUT2D eigenvalue weighted by Gasteiger charge is 2.47. The van der Waals surface area contributed by atoms with Gasteiger partial charge in [0.05, 0.1) is 24.9 Å². The van der Waals surface area contributed by atoms with Crippen molar-refractivity contribution in [2.24, 2.45) is 28.5 Å². The van der Waals surface area contributed by atoms with Gasteiger partial charge in [-0.15, -0.1) is 6.42 Å². The molecule has 2 aliphatic carbocycles. The minimum absolute atomic E-state index is 0.00299. The Morgan fingerprint density at radius 2 is 2.10 bits per heavy atom. The van der Waals surface area contributed by atoms with Crippen LogP contribution < -0.4 is 10.5 Å². The van der Waals surface area contributed by atoms with Crippen molar-refractivity contribution in [3.8, 4) is 18.1 Å². The number of allylic oxidation sites excluding steroid dienone is 1. The molecular weight excluding hydrogens is 516 g/mol. The monoisotopic (exact) mass is 554 g/mol. The predicted molar refractivity (Wildman–Crippen MR) is 158 cm³/mol. The number of piperidine rings is 1. The van der Waals surface area contributed by atoms with Crippen LogP contribution in [0.2, 0.25) is 0 Å². The average Bonchev–Trinajstić information content (AvgIpc) is 3.33. The van der Waals surface area contributed by atoms with Gasteiger partial charge < -0.3 is 29.6 Å². The number of nitrogens with two attached hydrogens (primary N) is 1. The van der Waals surface area contributed by atoms with Crippen molar-refractivity contribution in [3.05, 3.63) is 41.2 Å². The zero-order chi connectivity index (χ0) is 28.2. The van der Waals surface area contributed by atoms with Gasteiger partial charge in [0, 0.05) is 62.4 Å². The van der Waals surface area contributed by atoms with Crippen LogP contribution in [0, 0.1) is 30.1 Å². The summed E-state index contributed by atoms with van der Waals surface area (Å²) in [5.41, 5.74) is 10.6. The fourth-order valence-electron chi connectivity index (χ4n) is 7.25. The van der Waals surface area contributed by atoms with Crippen molar-refractivity contribution < 1.29 is 14.3 Å². The van der Waals surface area contributed by atoms with Crippen molar-refractivity contribution >= 4 is 28.5 Å². The molecule has 0 radical (unpaired) electrons. The number of imidazole rings is 1. The Morgan fingerprint density at radius 1 is 1.24 bits per heavy atom. The molecular formula is C32H38N6O3. The number of hydrogen-bond donors (Lipinski definition) is 1. The van der Waals surface area contributed by atoms with E-state index in [9.17, 15) is 4.79 Å². The number of aromatic nitrogens is 2. The molecule has 41 heavy (non-hydrogen) atoms. The van der Waals surface area contributed by atoms with E-state index in [4.69, 9.17) is 26.6 Å². The molecule has 2 unspecified atom stereocenters. The van der Waals surface area contributed by atoms with Crippen LogP contribution in [-0.2, 0) is 11.3 Å². The maximum Gasteiger partial charge on any atom is 0.254 e. The third kappa shape index (κ3) is 4.45. The van der Waals surface area contributed by atoms with Gasteiger partial charge in [-0.1, -0.05) is 5.92 Å². The molecule has 2 aromatic rings. The minimum atomic E-state index is 0.00299. The fraction of sp³-hybridized carbons (Fsp3) is 0.531. The summed E-state index contributed by atoms with van der Waals surface area (Å²) in [6.45, 7) is 3.81. The highest BCUT2D eigenvalue weighted by atomic mass is 16.5. The Hall–Kier alpha value is -3.61. The standard InChI is InChI=1S/C32H38N6O3/c1-4-5-21-13-26(36(30(21)34-2)15-19-6-7-19)31-35-24-12-23(32(39)37-17-22-8-9-25(37)28(22)33)14-27(40-3)29(24)38(31)16-20-10-11-41-18-20/h1,5,12-14,19-20,22,25,28H,6-11,15-18,33H2,2-3H3/b21-5-,34-30+/t20?,22-,25-,28?/m1/s1. The van der Waals surface area contributed by atoms with Gasteiger partial charge in [-0.2, -0.15) is 0 Å². The van der Waals surface area contributed by atoms with Crippen LogP contribution >= 0.6 is 0 Å². The summed E-state index contributed by atoms with van der Waals surface area (Å²) < 4.78 is 14.0. The van der Waals surface area contributed by atoms with E-state index in [0.717, 1.165) is 79.5 Å². The molecule has 1 aromatic heterocycles. The Labute approximate surface area is 241 Å². The number of carbonyl (C=O) groups excluding carboxylic acids is 1. The molecule has 4 heterocycles. The summed E-state index contributed by atoms with van der Waals surface area (Å²) in [5, 5.41) is 0. The van der Waals surface area contributed by atoms with E-state index in [0.29, 0.717) is 35.7 Å². The molecule has 1 aromatic carbocycles. The van der Waals surface area contributed by atoms with Gasteiger partial charge in [0.25, 0.3) is 5.91 Å². The molecule has 9 heteroatoms. The quantitative estimate of drug-likeness (QED) is 0.528. The van der Waals surface area contributed by atoms with Gasteiger partial charge in [-0.05, 0) is 68.2 Å². The van der Waals surface area contributed by atoms with E-state index in [2.05, 4.69) is 26.5 Å². The van der Waals surface area contributed by atoms with Crippen molar-refractivity contribution in [1.82, 2.24) is 19.4 Å². The van der Waals surface area contributed by atoms with Crippen LogP contribution in [0.15, 0.2) is 34.9 Å². The molecule has 9 nitrogen and oxygen atoms in total. The Balaban J connectivity index is 1.36. The van der Waals surface area contributed by atoms with E-state index >= 15 is 0 Å². The second-order valence-corrected chi connectivity index (χ2v) is 12.2. The second-order valence-electron chi connectivity index (χ2n) is 12.2. The Morgan fingerprint density at radius 3 is 2.73 bits per heavy atom. The SMILES string of the molecule is C#C/C=C1/C=C(c2nc3cc(C(=O)N4C[C@H]5CC[C@@H]4C5N)cc(OC)c3n2CC2CCOC2)N(CC2CC2)/C1=N/C. The van der Waals surface area contributed by atoms with Crippen LogP contribution in [0.25, 0.3) is 16.7 Å². The molecule has 2 bridgehead atoms. The molecule has 7 rings (SSSR count). The lowest BCUT2D eigenvalue weighted by Crippen LogP contribution is -2.41. The average molecular weight is 555 g/mol. The summed E-state index contributed by atoms with van der Waals surface area (Å²) in [6.07, 6.45) is 15.1. The van der Waals surface area contributed by atoms with Crippen molar-refractivity contribution in [2.45, 2.75) is 50.7 Å². The fourth-order valence-corrected chi connectivity index (χ4v) is 7.25. The van der Waals surface area contributed by atoms with Crippen LogP contribution in [0.5, 0.6) is 5.75 Å². The van der Waals surface area contributed by atoms with E-state index in [-0.39, 0.29) is 18.0 Å². The first kappa shape index (κ1) is 26.3. The summed E-state index contributed by atoms with van der Waals surface area (Å²) >= 11 is 0. The number of amides is 1. The number of amidine groups is 1. The summed E-state index contributed by atoms with van der Waals surface area (Å²) in [7, 11) is 3.48. The number of fused-ring (bicyclic) bond motifs is 3. The maximum absolute atomic E-state index is 13.8. The number of nitrogens with zero attached hydrogens (tertiary/aromatic N) is 5. The summed E-state index contributed by atoms with van der Waals surface area (Å²) in [5.74, 6) is 6.41. The van der Waals surface area contributed by atoms with E-state index in [1.54, 1.807) is 13.2 Å². The molecule has 1 amide bonds. The Kier molecular flexibility index (Phi) is 6.63. The third-order valence-corrected chi connectivity index (χ3v) is 9.57. The number of ether oxygens (including phenoxy) is 2. The first-order chi connectivity index (χ1) is 20.0. The number of aliphatic imine (C=N–C) groups is 1. The number of hydrogen-bond acceptors (Lipinski definition) is 6. The third-order valence-electron chi connectivity index (χ3n) is 9.57. The number of carbonyl (C=O) groups is 1. The van der Waals surface area contributed by atoms with Gasteiger partial charge in [0.1, 0.15) is 17.1 Å². The summed E-state index contributed by atoms with van der Waals surface area (Å²) in [4.78, 5) is 27.9. The van der Waals surface area contributed by atoms with Crippen molar-refractivity contribution in [3.63, 3.8) is 0 Å². The normalized spacial score (nSPS) is 29.3. The van der Waals surface area contributed by atoms with Gasteiger partial charge in [-0.3, -0.25) is 9.79 Å². The number of terminal acetylenes is 1. The van der Waals surface area contributed by atoms with Crippen LogP contribution in [0.4, 0.5) is 0 Å². The topological polar surface area (TPSA) is 98.2 Å². The minimum Gasteiger partial charge on any atom is -0.494 e. The molecule has 2 N–H and O–H groups in total. The smallest absolute Gasteiger partial charge is 0.254 e. The molecule has 3 aliphatic heterocycles. The van der Waals surface area contributed by atoms with Crippen molar-refractivity contribution in [2.75, 3.05) is 40.5 Å². The van der Waals surface area contributed by atoms with Gasteiger partial charge >= 0.3 is 0 Å². The van der Waals surface area contributed by atoms with Gasteiger partial charge in [-0.25, -0.2) is 4.98 Å². The first-order valence-electron chi connectivity index (χ1n) is 14.9. The van der Waals surface area contributed by atoms with Gasteiger partial charge in [0.2, 0.25) is 0 Å². The summed E-state index contributed by atoms with van der Waals surface area (Å²) in [6, 6.07) is 3.98. The number of rotatable bonds is 7. The lowest BCUT2D eigenvalue weighted by Gasteiger charge is -2.27. The molecule has 2 saturated carbocycles. The molecule has 0 spiro atoms. The molecule has 4 atom stereocenters. The lowest BCUT2D eigenvalue weighted by molar-refractivity contribution is 0.0700. The molecule has 2 saturated heterocycles. The maximum atomic E-state index is 13.8. The molecule has 4 fully saturated rings. The van der Waals surface area contributed by atoms with Crippen LogP contribution in [0.3, 0.4) is 0 Å². The van der Waals surface area contributed by atoms with E-state index in [1.807, 2.05) is 24.1 Å². The number of benzene rings is 1. The second kappa shape index (κ2) is 10.3. The molecule has 214 valence electrons. The van der Waals surface area contributed by atoms with Crippen molar-refractivity contribution in [1.29, 1.82) is 0 Å². The van der Waals surface area contributed by atoms with E-state index < -0.39 is 0 Å². The zero-order valence-electron chi connectivity index (χ0n) is 23.9. The largest absolute Gasteiger partial charge is 0.494 e.